The van der Waals surface area contributed by atoms with E-state index >= 15 is 0 Å². The van der Waals surface area contributed by atoms with Gasteiger partial charge < -0.3 is 5.32 Å². The Morgan fingerprint density at radius 3 is 2.61 bits per heavy atom. The summed E-state index contributed by atoms with van der Waals surface area (Å²) in [5, 5.41) is 3.57. The Labute approximate surface area is 138 Å². The third-order valence-corrected chi connectivity index (χ3v) is 5.12. The highest BCUT2D eigenvalue weighted by Crippen LogP contribution is 2.22. The predicted octanol–water partition coefficient (Wildman–Crippen LogP) is 3.88. The maximum Gasteiger partial charge on any atom is 0.269 e. The molecule has 1 heterocycles. The van der Waals surface area contributed by atoms with Gasteiger partial charge in [0, 0.05) is 5.69 Å². The molecule has 0 bridgehead atoms. The first-order valence-electron chi connectivity index (χ1n) is 7.46. The summed E-state index contributed by atoms with van der Waals surface area (Å²) < 4.78 is 2.42. The average Bonchev–Trinajstić information content (AvgIpc) is 2.87. The van der Waals surface area contributed by atoms with Gasteiger partial charge in [-0.2, -0.15) is 0 Å². The average molecular weight is 326 g/mol. The normalized spacial score (nSPS) is 12.3. The van der Waals surface area contributed by atoms with Crippen LogP contribution in [0.1, 0.15) is 24.1 Å². The van der Waals surface area contributed by atoms with E-state index in [4.69, 9.17) is 0 Å². The molecule has 3 aromatic rings. The molecule has 0 fully saturated rings. The minimum atomic E-state index is -0.555. The summed E-state index contributed by atoms with van der Waals surface area (Å²) in [4.78, 5) is 24.9. The Morgan fingerprint density at radius 2 is 1.91 bits per heavy atom. The van der Waals surface area contributed by atoms with Crippen LogP contribution in [0.15, 0.2) is 47.3 Å². The second-order valence-corrected chi connectivity index (χ2v) is 6.72. The number of aromatic nitrogens is 1. The van der Waals surface area contributed by atoms with Crippen molar-refractivity contribution in [1.29, 1.82) is 0 Å². The van der Waals surface area contributed by atoms with Crippen molar-refractivity contribution >= 4 is 33.2 Å². The van der Waals surface area contributed by atoms with E-state index in [-0.39, 0.29) is 11.5 Å². The van der Waals surface area contributed by atoms with Crippen LogP contribution in [0.3, 0.4) is 0 Å². The highest BCUT2D eigenvalue weighted by Gasteiger charge is 2.20. The van der Waals surface area contributed by atoms with Gasteiger partial charge in [-0.3, -0.25) is 13.5 Å². The van der Waals surface area contributed by atoms with Gasteiger partial charge in [-0.25, -0.2) is 0 Å². The molecule has 0 aliphatic rings. The number of aryl methyl sites for hydroxylation is 2. The number of nitrogens with zero attached hydrogens (tertiary/aromatic N) is 1. The summed E-state index contributed by atoms with van der Waals surface area (Å²) in [7, 11) is 0. The highest BCUT2D eigenvalue weighted by molar-refractivity contribution is 7.14. The van der Waals surface area contributed by atoms with Crippen LogP contribution in [-0.4, -0.2) is 9.86 Å². The molecule has 0 aliphatic carbocycles. The first-order valence-corrected chi connectivity index (χ1v) is 8.23. The standard InChI is InChI=1S/C18H18N2O2S/c1-11-8-9-15(12(2)10-11)19-17(21)13(3)20-18(22)14-6-4-5-7-16(14)23-20/h4-10,13H,1-3H3,(H,19,21)/t13-/m1/s1. The van der Waals surface area contributed by atoms with Gasteiger partial charge >= 0.3 is 0 Å². The summed E-state index contributed by atoms with van der Waals surface area (Å²) in [5.41, 5.74) is 2.82. The SMILES string of the molecule is Cc1ccc(NC(=O)[C@@H](C)n2sc3ccccc3c2=O)c(C)c1. The highest BCUT2D eigenvalue weighted by atomic mass is 32.1. The van der Waals surface area contributed by atoms with E-state index < -0.39 is 6.04 Å². The molecular weight excluding hydrogens is 308 g/mol. The summed E-state index contributed by atoms with van der Waals surface area (Å²) >= 11 is 1.32. The molecule has 1 N–H and O–H groups in total. The molecule has 5 heteroatoms. The van der Waals surface area contributed by atoms with Crippen LogP contribution in [0.2, 0.25) is 0 Å². The lowest BCUT2D eigenvalue weighted by atomic mass is 10.1. The van der Waals surface area contributed by atoms with E-state index in [9.17, 15) is 9.59 Å². The van der Waals surface area contributed by atoms with E-state index in [1.807, 2.05) is 50.2 Å². The van der Waals surface area contributed by atoms with Gasteiger partial charge in [-0.15, -0.1) is 0 Å². The van der Waals surface area contributed by atoms with Crippen molar-refractivity contribution < 1.29 is 4.79 Å². The van der Waals surface area contributed by atoms with Crippen LogP contribution < -0.4 is 10.9 Å². The number of amides is 1. The second kappa shape index (κ2) is 6.01. The molecule has 2 aromatic carbocycles. The quantitative estimate of drug-likeness (QED) is 0.794. The van der Waals surface area contributed by atoms with E-state index in [2.05, 4.69) is 5.32 Å². The fourth-order valence-electron chi connectivity index (χ4n) is 2.54. The number of fused-ring (bicyclic) bond motifs is 1. The number of hydrogen-bond acceptors (Lipinski definition) is 3. The van der Waals surface area contributed by atoms with Crippen LogP contribution in [0, 0.1) is 13.8 Å². The van der Waals surface area contributed by atoms with Crippen molar-refractivity contribution in [2.24, 2.45) is 0 Å². The first-order chi connectivity index (χ1) is 11.0. The molecule has 0 spiro atoms. The lowest BCUT2D eigenvalue weighted by Gasteiger charge is -2.14. The number of anilines is 1. The Kier molecular flexibility index (Phi) is 4.05. The van der Waals surface area contributed by atoms with Crippen molar-refractivity contribution in [3.63, 3.8) is 0 Å². The van der Waals surface area contributed by atoms with Gasteiger partial charge in [0.2, 0.25) is 5.91 Å². The number of carbonyl (C=O) groups excluding carboxylic acids is 1. The number of nitrogens with one attached hydrogen (secondary N) is 1. The molecule has 0 unspecified atom stereocenters. The molecule has 0 radical (unpaired) electrons. The molecule has 1 atom stereocenters. The molecule has 0 saturated heterocycles. The number of hydrogen-bond donors (Lipinski definition) is 1. The Balaban J connectivity index is 1.89. The zero-order valence-electron chi connectivity index (χ0n) is 13.3. The fraction of sp³-hybridized carbons (Fsp3) is 0.222. The number of benzene rings is 2. The smallest absolute Gasteiger partial charge is 0.269 e. The summed E-state index contributed by atoms with van der Waals surface area (Å²) in [5.74, 6) is -0.189. The van der Waals surface area contributed by atoms with Crippen LogP contribution in [0.5, 0.6) is 0 Å². The first kappa shape index (κ1) is 15.5. The Morgan fingerprint density at radius 1 is 1.17 bits per heavy atom. The summed E-state index contributed by atoms with van der Waals surface area (Å²) in [6.07, 6.45) is 0. The molecule has 0 aliphatic heterocycles. The number of rotatable bonds is 3. The summed E-state index contributed by atoms with van der Waals surface area (Å²) in [6, 6.07) is 12.7. The molecule has 0 saturated carbocycles. The van der Waals surface area contributed by atoms with Crippen LogP contribution >= 0.6 is 11.5 Å². The maximum atomic E-state index is 12.5. The van der Waals surface area contributed by atoms with E-state index in [1.54, 1.807) is 13.0 Å². The second-order valence-electron chi connectivity index (χ2n) is 5.70. The molecular formula is C18H18N2O2S. The topological polar surface area (TPSA) is 51.1 Å². The number of carbonyl (C=O) groups is 1. The van der Waals surface area contributed by atoms with Crippen LogP contribution in [-0.2, 0) is 4.79 Å². The van der Waals surface area contributed by atoms with E-state index in [1.165, 1.54) is 15.5 Å². The lowest BCUT2D eigenvalue weighted by molar-refractivity contribution is -0.118. The fourth-order valence-corrected chi connectivity index (χ4v) is 3.58. The Hall–Kier alpha value is -2.40. The molecule has 3 rings (SSSR count). The molecule has 118 valence electrons. The largest absolute Gasteiger partial charge is 0.324 e. The van der Waals surface area contributed by atoms with Crippen molar-refractivity contribution in [3.8, 4) is 0 Å². The zero-order chi connectivity index (χ0) is 16.6. The third kappa shape index (κ3) is 2.92. The minimum Gasteiger partial charge on any atom is -0.324 e. The minimum absolute atomic E-state index is 0.117. The molecule has 23 heavy (non-hydrogen) atoms. The van der Waals surface area contributed by atoms with E-state index in [0.29, 0.717) is 5.39 Å². The lowest BCUT2D eigenvalue weighted by Crippen LogP contribution is -2.28. The molecule has 1 aromatic heterocycles. The Bertz CT molecular complexity index is 940. The van der Waals surface area contributed by atoms with Crippen molar-refractivity contribution in [1.82, 2.24) is 3.96 Å². The van der Waals surface area contributed by atoms with Crippen molar-refractivity contribution in [2.45, 2.75) is 26.8 Å². The van der Waals surface area contributed by atoms with Gasteiger partial charge in [0.05, 0.1) is 10.1 Å². The van der Waals surface area contributed by atoms with Gasteiger partial charge in [0.25, 0.3) is 5.56 Å². The maximum absolute atomic E-state index is 12.5. The van der Waals surface area contributed by atoms with Gasteiger partial charge in [0.1, 0.15) is 6.04 Å². The predicted molar refractivity (Wildman–Crippen MR) is 95.3 cm³/mol. The zero-order valence-corrected chi connectivity index (χ0v) is 14.1. The van der Waals surface area contributed by atoms with Crippen LogP contribution in [0.25, 0.3) is 10.1 Å². The van der Waals surface area contributed by atoms with Gasteiger partial charge in [-0.1, -0.05) is 41.4 Å². The monoisotopic (exact) mass is 326 g/mol. The van der Waals surface area contributed by atoms with E-state index in [0.717, 1.165) is 21.5 Å². The van der Waals surface area contributed by atoms with Crippen LogP contribution in [0.4, 0.5) is 5.69 Å². The third-order valence-electron chi connectivity index (χ3n) is 3.89. The van der Waals surface area contributed by atoms with Crippen molar-refractivity contribution in [2.75, 3.05) is 5.32 Å². The van der Waals surface area contributed by atoms with Gasteiger partial charge in [0.15, 0.2) is 0 Å². The molecule has 4 nitrogen and oxygen atoms in total. The summed E-state index contributed by atoms with van der Waals surface area (Å²) in [6.45, 7) is 5.71. The van der Waals surface area contributed by atoms with Crippen molar-refractivity contribution in [3.05, 3.63) is 63.9 Å². The van der Waals surface area contributed by atoms with Gasteiger partial charge in [-0.05, 0) is 44.5 Å². The molecule has 1 amide bonds.